The minimum Gasteiger partial charge on any atom is -0.497 e. The molecule has 0 aromatic heterocycles. The van der Waals surface area contributed by atoms with Crippen molar-refractivity contribution in [3.05, 3.63) is 24.0 Å². The molecule has 1 aliphatic rings. The van der Waals surface area contributed by atoms with Gasteiger partial charge in [-0.1, -0.05) is 6.42 Å². The van der Waals surface area contributed by atoms with Crippen LogP contribution in [0.15, 0.2) is 18.2 Å². The molecule has 94 valence electrons. The largest absolute Gasteiger partial charge is 0.497 e. The molecule has 1 aromatic rings. The highest BCUT2D eigenvalue weighted by Gasteiger charge is 2.25. The van der Waals surface area contributed by atoms with Crippen molar-refractivity contribution in [1.29, 1.82) is 0 Å². The van der Waals surface area contributed by atoms with Gasteiger partial charge in [0, 0.05) is 23.9 Å². The SMILES string of the molecule is COc1cc(F)cc(NC2CCCC2CN)c1. The monoisotopic (exact) mass is 238 g/mol. The first kappa shape index (κ1) is 12.2. The van der Waals surface area contributed by atoms with Crippen LogP contribution in [0.1, 0.15) is 19.3 Å². The molecule has 3 nitrogen and oxygen atoms in total. The number of halogens is 1. The molecular weight excluding hydrogens is 219 g/mol. The van der Waals surface area contributed by atoms with Crippen LogP contribution in [0.25, 0.3) is 0 Å². The zero-order chi connectivity index (χ0) is 12.3. The molecule has 4 heteroatoms. The molecule has 0 saturated heterocycles. The lowest BCUT2D eigenvalue weighted by Crippen LogP contribution is -2.29. The van der Waals surface area contributed by atoms with Crippen LogP contribution in [-0.2, 0) is 0 Å². The minimum atomic E-state index is -0.283. The highest BCUT2D eigenvalue weighted by atomic mass is 19.1. The van der Waals surface area contributed by atoms with E-state index in [1.165, 1.54) is 25.7 Å². The average molecular weight is 238 g/mol. The number of anilines is 1. The minimum absolute atomic E-state index is 0.283. The summed E-state index contributed by atoms with van der Waals surface area (Å²) < 4.78 is 18.4. The van der Waals surface area contributed by atoms with Gasteiger partial charge in [-0.3, -0.25) is 0 Å². The van der Waals surface area contributed by atoms with Gasteiger partial charge in [0.1, 0.15) is 11.6 Å². The second-order valence-electron chi connectivity index (χ2n) is 4.56. The molecule has 1 saturated carbocycles. The van der Waals surface area contributed by atoms with Gasteiger partial charge in [0.2, 0.25) is 0 Å². The van der Waals surface area contributed by atoms with Crippen LogP contribution in [0.3, 0.4) is 0 Å². The molecule has 0 heterocycles. The molecule has 1 aliphatic carbocycles. The van der Waals surface area contributed by atoms with Gasteiger partial charge in [-0.25, -0.2) is 4.39 Å². The van der Waals surface area contributed by atoms with Crippen LogP contribution < -0.4 is 15.8 Å². The Morgan fingerprint density at radius 3 is 2.94 bits per heavy atom. The zero-order valence-corrected chi connectivity index (χ0v) is 10.1. The standard InChI is InChI=1S/C13H19FN2O/c1-17-12-6-10(14)5-11(7-12)16-13-4-2-3-9(13)8-15/h5-7,9,13,16H,2-4,8,15H2,1H3. The molecule has 0 bridgehead atoms. The van der Waals surface area contributed by atoms with E-state index in [-0.39, 0.29) is 5.82 Å². The van der Waals surface area contributed by atoms with Gasteiger partial charge in [0.15, 0.2) is 0 Å². The second-order valence-corrected chi connectivity index (χ2v) is 4.56. The molecule has 17 heavy (non-hydrogen) atoms. The Labute approximate surface area is 101 Å². The Morgan fingerprint density at radius 2 is 2.24 bits per heavy atom. The highest BCUT2D eigenvalue weighted by Crippen LogP contribution is 2.29. The van der Waals surface area contributed by atoms with Crippen LogP contribution in [0.5, 0.6) is 5.75 Å². The van der Waals surface area contributed by atoms with Gasteiger partial charge < -0.3 is 15.8 Å². The fourth-order valence-electron chi connectivity index (χ4n) is 2.49. The lowest BCUT2D eigenvalue weighted by Gasteiger charge is -2.21. The van der Waals surface area contributed by atoms with E-state index in [0.29, 0.717) is 24.3 Å². The van der Waals surface area contributed by atoms with Gasteiger partial charge in [-0.15, -0.1) is 0 Å². The quantitative estimate of drug-likeness (QED) is 0.846. The number of ether oxygens (including phenoxy) is 1. The maximum Gasteiger partial charge on any atom is 0.128 e. The third-order valence-corrected chi connectivity index (χ3v) is 3.42. The predicted octanol–water partition coefficient (Wildman–Crippen LogP) is 2.37. The number of hydrogen-bond acceptors (Lipinski definition) is 3. The fraction of sp³-hybridized carbons (Fsp3) is 0.538. The van der Waals surface area contributed by atoms with Crippen LogP contribution in [-0.4, -0.2) is 19.7 Å². The zero-order valence-electron chi connectivity index (χ0n) is 10.1. The number of benzene rings is 1. The van der Waals surface area contributed by atoms with Gasteiger partial charge in [0.05, 0.1) is 7.11 Å². The van der Waals surface area contributed by atoms with Gasteiger partial charge in [-0.2, -0.15) is 0 Å². The molecule has 1 fully saturated rings. The predicted molar refractivity (Wildman–Crippen MR) is 66.8 cm³/mol. The van der Waals surface area contributed by atoms with E-state index in [4.69, 9.17) is 10.5 Å². The summed E-state index contributed by atoms with van der Waals surface area (Å²) in [5.74, 6) is 0.744. The Kier molecular flexibility index (Phi) is 3.84. The van der Waals surface area contributed by atoms with Crippen molar-refractivity contribution in [3.8, 4) is 5.75 Å². The topological polar surface area (TPSA) is 47.3 Å². The van der Waals surface area contributed by atoms with Crippen LogP contribution in [0, 0.1) is 11.7 Å². The Hall–Kier alpha value is -1.29. The maximum atomic E-state index is 13.3. The van der Waals surface area contributed by atoms with Crippen LogP contribution in [0.2, 0.25) is 0 Å². The van der Waals surface area contributed by atoms with Gasteiger partial charge in [-0.05, 0) is 31.4 Å². The summed E-state index contributed by atoms with van der Waals surface area (Å²) in [6, 6.07) is 5.04. The smallest absolute Gasteiger partial charge is 0.128 e. The van der Waals surface area contributed by atoms with E-state index in [1.54, 1.807) is 0 Å². The van der Waals surface area contributed by atoms with Crippen molar-refractivity contribution in [2.24, 2.45) is 11.7 Å². The van der Waals surface area contributed by atoms with Crippen molar-refractivity contribution in [3.63, 3.8) is 0 Å². The summed E-state index contributed by atoms with van der Waals surface area (Å²) in [5, 5.41) is 3.36. The highest BCUT2D eigenvalue weighted by molar-refractivity contribution is 5.49. The first-order valence-corrected chi connectivity index (χ1v) is 6.04. The van der Waals surface area contributed by atoms with Gasteiger partial charge in [0.25, 0.3) is 0 Å². The molecule has 0 spiro atoms. The summed E-state index contributed by atoms with van der Waals surface area (Å²) in [6.07, 6.45) is 3.44. The van der Waals surface area contributed by atoms with E-state index >= 15 is 0 Å². The Balaban J connectivity index is 2.09. The first-order valence-electron chi connectivity index (χ1n) is 6.04. The lowest BCUT2D eigenvalue weighted by atomic mass is 10.0. The number of methoxy groups -OCH3 is 1. The number of rotatable bonds is 4. The first-order chi connectivity index (χ1) is 8.22. The van der Waals surface area contributed by atoms with E-state index in [1.807, 2.05) is 6.07 Å². The van der Waals surface area contributed by atoms with Crippen molar-refractivity contribution in [2.45, 2.75) is 25.3 Å². The molecule has 0 aliphatic heterocycles. The lowest BCUT2D eigenvalue weighted by molar-refractivity contribution is 0.411. The molecule has 1 aromatic carbocycles. The van der Waals surface area contributed by atoms with E-state index in [0.717, 1.165) is 18.5 Å². The summed E-state index contributed by atoms with van der Waals surface area (Å²) in [7, 11) is 1.54. The normalized spacial score (nSPS) is 23.7. The van der Waals surface area contributed by atoms with Crippen LogP contribution >= 0.6 is 0 Å². The Bertz CT molecular complexity index is 384. The third kappa shape index (κ3) is 2.88. The summed E-state index contributed by atoms with van der Waals surface area (Å²) >= 11 is 0. The second kappa shape index (κ2) is 5.36. The molecule has 2 atom stereocenters. The van der Waals surface area contributed by atoms with Crippen LogP contribution in [0.4, 0.5) is 10.1 Å². The van der Waals surface area contributed by atoms with E-state index in [9.17, 15) is 4.39 Å². The van der Waals surface area contributed by atoms with Crippen molar-refractivity contribution >= 4 is 5.69 Å². The van der Waals surface area contributed by atoms with Crippen molar-refractivity contribution in [1.82, 2.24) is 0 Å². The number of nitrogens with two attached hydrogens (primary N) is 1. The van der Waals surface area contributed by atoms with E-state index in [2.05, 4.69) is 5.32 Å². The maximum absolute atomic E-state index is 13.3. The summed E-state index contributed by atoms with van der Waals surface area (Å²) in [4.78, 5) is 0. The number of hydrogen-bond donors (Lipinski definition) is 2. The molecule has 2 unspecified atom stereocenters. The molecule has 0 radical (unpaired) electrons. The fourth-order valence-corrected chi connectivity index (χ4v) is 2.49. The summed E-state index contributed by atoms with van der Waals surface area (Å²) in [6.45, 7) is 0.685. The van der Waals surface area contributed by atoms with Crippen molar-refractivity contribution in [2.75, 3.05) is 19.0 Å². The molecule has 2 rings (SSSR count). The number of nitrogens with one attached hydrogen (secondary N) is 1. The average Bonchev–Trinajstić information content (AvgIpc) is 2.75. The van der Waals surface area contributed by atoms with Gasteiger partial charge >= 0.3 is 0 Å². The summed E-state index contributed by atoms with van der Waals surface area (Å²) in [5.41, 5.74) is 6.50. The molecular formula is C13H19FN2O. The molecule has 3 N–H and O–H groups in total. The Morgan fingerprint density at radius 1 is 1.41 bits per heavy atom. The van der Waals surface area contributed by atoms with E-state index < -0.39 is 0 Å². The molecule has 0 amide bonds. The van der Waals surface area contributed by atoms with Crippen molar-refractivity contribution < 1.29 is 9.13 Å². The third-order valence-electron chi connectivity index (χ3n) is 3.42.